The van der Waals surface area contributed by atoms with Gasteiger partial charge in [0.05, 0.1) is 17.1 Å². The first-order valence-corrected chi connectivity index (χ1v) is 8.04. The fourth-order valence-electron chi connectivity index (χ4n) is 1.78. The summed E-state index contributed by atoms with van der Waals surface area (Å²) in [5, 5.41) is 2.95. The third-order valence-corrected chi connectivity index (χ3v) is 4.49. The number of halogens is 3. The Morgan fingerprint density at radius 3 is 2.41 bits per heavy atom. The lowest BCUT2D eigenvalue weighted by molar-refractivity contribution is -0.137. The van der Waals surface area contributed by atoms with Crippen molar-refractivity contribution in [3.63, 3.8) is 0 Å². The average Bonchev–Trinajstić information content (AvgIpc) is 2.41. The molecule has 0 aliphatic rings. The standard InChI is InChI=1S/C13H19F3N2O3S/c1-10-9-11(13(14,15)16)3-4-12(10)22(19,20)18-6-5-17-7-8-21-2/h3-4,9,17-18H,5-8H2,1-2H3. The van der Waals surface area contributed by atoms with Crippen molar-refractivity contribution >= 4 is 10.0 Å². The minimum atomic E-state index is -4.49. The monoisotopic (exact) mass is 340 g/mol. The minimum absolute atomic E-state index is 0.0506. The second kappa shape index (κ2) is 7.91. The van der Waals surface area contributed by atoms with Crippen LogP contribution in [0.15, 0.2) is 23.1 Å². The van der Waals surface area contributed by atoms with E-state index in [9.17, 15) is 21.6 Å². The van der Waals surface area contributed by atoms with E-state index >= 15 is 0 Å². The molecule has 0 aliphatic heterocycles. The Hall–Kier alpha value is -1.16. The Labute approximate surface area is 127 Å². The highest BCUT2D eigenvalue weighted by molar-refractivity contribution is 7.89. The molecular formula is C13H19F3N2O3S. The second-order valence-corrected chi connectivity index (χ2v) is 6.35. The Morgan fingerprint density at radius 1 is 1.18 bits per heavy atom. The van der Waals surface area contributed by atoms with Gasteiger partial charge in [-0.3, -0.25) is 0 Å². The van der Waals surface area contributed by atoms with Crippen molar-refractivity contribution in [3.8, 4) is 0 Å². The van der Waals surface area contributed by atoms with E-state index in [1.165, 1.54) is 6.92 Å². The van der Waals surface area contributed by atoms with Crippen molar-refractivity contribution in [3.05, 3.63) is 29.3 Å². The van der Waals surface area contributed by atoms with Crippen LogP contribution >= 0.6 is 0 Å². The summed E-state index contributed by atoms with van der Waals surface area (Å²) in [5.74, 6) is 0. The van der Waals surface area contributed by atoms with Crippen molar-refractivity contribution < 1.29 is 26.3 Å². The smallest absolute Gasteiger partial charge is 0.383 e. The lowest BCUT2D eigenvalue weighted by Crippen LogP contribution is -2.33. The Balaban J connectivity index is 2.69. The molecule has 0 aliphatic carbocycles. The van der Waals surface area contributed by atoms with Crippen LogP contribution < -0.4 is 10.0 Å². The number of methoxy groups -OCH3 is 1. The topological polar surface area (TPSA) is 67.4 Å². The number of hydrogen-bond acceptors (Lipinski definition) is 4. The molecule has 0 saturated carbocycles. The van der Waals surface area contributed by atoms with Crippen molar-refractivity contribution in [2.24, 2.45) is 0 Å². The highest BCUT2D eigenvalue weighted by Gasteiger charge is 2.31. The SMILES string of the molecule is COCCNCCNS(=O)(=O)c1ccc(C(F)(F)F)cc1C. The maximum Gasteiger partial charge on any atom is 0.416 e. The number of ether oxygens (including phenoxy) is 1. The van der Waals surface area contributed by atoms with Crippen LogP contribution in [0.2, 0.25) is 0 Å². The van der Waals surface area contributed by atoms with E-state index < -0.39 is 21.8 Å². The molecule has 22 heavy (non-hydrogen) atoms. The van der Waals surface area contributed by atoms with Crippen molar-refractivity contribution in [1.82, 2.24) is 10.0 Å². The molecule has 0 unspecified atom stereocenters. The van der Waals surface area contributed by atoms with E-state index in [0.29, 0.717) is 19.7 Å². The van der Waals surface area contributed by atoms with Gasteiger partial charge in [0, 0.05) is 26.7 Å². The molecule has 1 aromatic rings. The first kappa shape index (κ1) is 18.9. The zero-order valence-electron chi connectivity index (χ0n) is 12.3. The van der Waals surface area contributed by atoms with Gasteiger partial charge in [-0.15, -0.1) is 0 Å². The van der Waals surface area contributed by atoms with E-state index in [2.05, 4.69) is 10.0 Å². The fourth-order valence-corrected chi connectivity index (χ4v) is 3.03. The number of alkyl halides is 3. The summed E-state index contributed by atoms with van der Waals surface area (Å²) in [6, 6.07) is 2.56. The molecule has 2 N–H and O–H groups in total. The fraction of sp³-hybridized carbons (Fsp3) is 0.538. The molecule has 0 aromatic heterocycles. The lowest BCUT2D eigenvalue weighted by Gasteiger charge is -2.12. The summed E-state index contributed by atoms with van der Waals surface area (Å²) < 4.78 is 69.0. The zero-order chi connectivity index (χ0) is 16.8. The summed E-state index contributed by atoms with van der Waals surface area (Å²) >= 11 is 0. The average molecular weight is 340 g/mol. The molecular weight excluding hydrogens is 321 g/mol. The van der Waals surface area contributed by atoms with Crippen LogP contribution in [0.4, 0.5) is 13.2 Å². The van der Waals surface area contributed by atoms with Gasteiger partial charge in [0.2, 0.25) is 10.0 Å². The van der Waals surface area contributed by atoms with Crippen LogP contribution in [0.25, 0.3) is 0 Å². The van der Waals surface area contributed by atoms with Gasteiger partial charge >= 0.3 is 6.18 Å². The molecule has 0 heterocycles. The molecule has 1 rings (SSSR count). The molecule has 0 saturated heterocycles. The summed E-state index contributed by atoms with van der Waals surface area (Å²) in [4.78, 5) is -0.155. The number of nitrogens with one attached hydrogen (secondary N) is 2. The highest BCUT2D eigenvalue weighted by atomic mass is 32.2. The Bertz CT molecular complexity index is 589. The summed E-state index contributed by atoms with van der Waals surface area (Å²) in [5.41, 5.74) is -0.820. The third-order valence-electron chi connectivity index (χ3n) is 2.87. The molecule has 0 spiro atoms. The van der Waals surface area contributed by atoms with Crippen LogP contribution in [0, 0.1) is 6.92 Å². The quantitative estimate of drug-likeness (QED) is 0.705. The molecule has 0 bridgehead atoms. The summed E-state index contributed by atoms with van der Waals surface area (Å²) in [6.45, 7) is 2.94. The van der Waals surface area contributed by atoms with Gasteiger partial charge < -0.3 is 10.1 Å². The van der Waals surface area contributed by atoms with Crippen LogP contribution in [-0.4, -0.2) is 41.8 Å². The zero-order valence-corrected chi connectivity index (χ0v) is 13.1. The largest absolute Gasteiger partial charge is 0.416 e. The van der Waals surface area contributed by atoms with Crippen LogP contribution in [-0.2, 0) is 20.9 Å². The van der Waals surface area contributed by atoms with Crippen molar-refractivity contribution in [2.45, 2.75) is 18.0 Å². The van der Waals surface area contributed by atoms with Gasteiger partial charge in [-0.25, -0.2) is 13.1 Å². The van der Waals surface area contributed by atoms with E-state index in [-0.39, 0.29) is 17.0 Å². The molecule has 1 aromatic carbocycles. The molecule has 0 atom stereocenters. The maximum absolute atomic E-state index is 12.6. The summed E-state index contributed by atoms with van der Waals surface area (Å²) in [7, 11) is -2.28. The maximum atomic E-state index is 12.6. The van der Waals surface area contributed by atoms with E-state index in [1.807, 2.05) is 0 Å². The van der Waals surface area contributed by atoms with E-state index in [4.69, 9.17) is 4.74 Å². The van der Waals surface area contributed by atoms with E-state index in [1.54, 1.807) is 7.11 Å². The van der Waals surface area contributed by atoms with Gasteiger partial charge in [-0.05, 0) is 30.7 Å². The molecule has 0 radical (unpaired) electrons. The number of aryl methyl sites for hydroxylation is 1. The first-order valence-electron chi connectivity index (χ1n) is 6.55. The Kier molecular flexibility index (Phi) is 6.79. The van der Waals surface area contributed by atoms with Gasteiger partial charge in [0.15, 0.2) is 0 Å². The van der Waals surface area contributed by atoms with Crippen LogP contribution in [0.5, 0.6) is 0 Å². The van der Waals surface area contributed by atoms with Crippen LogP contribution in [0.3, 0.4) is 0 Å². The lowest BCUT2D eigenvalue weighted by atomic mass is 10.1. The first-order chi connectivity index (χ1) is 10.2. The normalized spacial score (nSPS) is 12.6. The van der Waals surface area contributed by atoms with E-state index in [0.717, 1.165) is 18.2 Å². The molecule has 0 fully saturated rings. The predicted octanol–water partition coefficient (Wildman–Crippen LogP) is 1.53. The minimum Gasteiger partial charge on any atom is -0.383 e. The van der Waals surface area contributed by atoms with Crippen molar-refractivity contribution in [2.75, 3.05) is 33.4 Å². The molecule has 5 nitrogen and oxygen atoms in total. The molecule has 126 valence electrons. The molecule has 0 amide bonds. The van der Waals surface area contributed by atoms with Crippen LogP contribution in [0.1, 0.15) is 11.1 Å². The predicted molar refractivity (Wildman–Crippen MR) is 76.1 cm³/mol. The van der Waals surface area contributed by atoms with Gasteiger partial charge in [0.1, 0.15) is 0 Å². The van der Waals surface area contributed by atoms with Gasteiger partial charge in [-0.1, -0.05) is 0 Å². The Morgan fingerprint density at radius 2 is 1.86 bits per heavy atom. The highest BCUT2D eigenvalue weighted by Crippen LogP contribution is 2.31. The second-order valence-electron chi connectivity index (χ2n) is 4.62. The van der Waals surface area contributed by atoms with Gasteiger partial charge in [-0.2, -0.15) is 13.2 Å². The summed E-state index contributed by atoms with van der Waals surface area (Å²) in [6.07, 6.45) is -4.49. The number of hydrogen-bond donors (Lipinski definition) is 2. The molecule has 9 heteroatoms. The van der Waals surface area contributed by atoms with Gasteiger partial charge in [0.25, 0.3) is 0 Å². The number of rotatable bonds is 8. The number of benzene rings is 1. The third kappa shape index (κ3) is 5.56. The van der Waals surface area contributed by atoms with Crippen molar-refractivity contribution in [1.29, 1.82) is 0 Å². The number of sulfonamides is 1.